The first-order valence-electron chi connectivity index (χ1n) is 7.12. The normalized spacial score (nSPS) is 17.5. The summed E-state index contributed by atoms with van der Waals surface area (Å²) in [5.74, 6) is -0.0747. The Bertz CT molecular complexity index is 921. The molecular formula is C15H12BrClN4OS. The van der Waals surface area contributed by atoms with Gasteiger partial charge in [-0.3, -0.25) is 4.79 Å². The summed E-state index contributed by atoms with van der Waals surface area (Å²) in [6, 6.07) is 1.74. The summed E-state index contributed by atoms with van der Waals surface area (Å²) in [6.07, 6.45) is 4.05. The van der Waals surface area contributed by atoms with Gasteiger partial charge in [-0.2, -0.15) is 5.10 Å². The number of hydrogen-bond acceptors (Lipinski definition) is 4. The highest BCUT2D eigenvalue weighted by atomic mass is 79.9. The summed E-state index contributed by atoms with van der Waals surface area (Å²) < 4.78 is 2.68. The van der Waals surface area contributed by atoms with Gasteiger partial charge in [-0.25, -0.2) is 9.50 Å². The first-order chi connectivity index (χ1) is 11.0. The van der Waals surface area contributed by atoms with Crippen LogP contribution in [0.4, 0.5) is 0 Å². The number of nitrogens with zero attached hydrogens (tertiary/aromatic N) is 4. The van der Waals surface area contributed by atoms with Crippen molar-refractivity contribution in [2.24, 2.45) is 0 Å². The van der Waals surface area contributed by atoms with Crippen molar-refractivity contribution in [3.05, 3.63) is 49.5 Å². The Labute approximate surface area is 150 Å². The minimum absolute atomic E-state index is 0.0453. The zero-order chi connectivity index (χ0) is 16.1. The van der Waals surface area contributed by atoms with E-state index in [1.165, 1.54) is 15.0 Å². The molecule has 0 saturated heterocycles. The van der Waals surface area contributed by atoms with Crippen LogP contribution in [0.5, 0.6) is 0 Å². The van der Waals surface area contributed by atoms with Gasteiger partial charge in [0.25, 0.3) is 5.91 Å². The number of carbonyl (C=O) groups is 1. The molecule has 0 fully saturated rings. The van der Waals surface area contributed by atoms with Crippen molar-refractivity contribution in [2.75, 3.05) is 6.54 Å². The van der Waals surface area contributed by atoms with Crippen molar-refractivity contribution < 1.29 is 4.79 Å². The number of amides is 1. The molecule has 23 heavy (non-hydrogen) atoms. The van der Waals surface area contributed by atoms with E-state index in [-0.39, 0.29) is 11.9 Å². The lowest BCUT2D eigenvalue weighted by Gasteiger charge is -2.33. The molecule has 0 spiro atoms. The van der Waals surface area contributed by atoms with Gasteiger partial charge < -0.3 is 4.90 Å². The highest BCUT2D eigenvalue weighted by molar-refractivity contribution is 9.10. The molecule has 1 amide bonds. The fourth-order valence-corrected chi connectivity index (χ4v) is 4.93. The minimum atomic E-state index is -0.0747. The van der Waals surface area contributed by atoms with Crippen LogP contribution in [0, 0.1) is 0 Å². The second-order valence-electron chi connectivity index (χ2n) is 5.46. The van der Waals surface area contributed by atoms with Crippen molar-refractivity contribution in [3.63, 3.8) is 0 Å². The molecule has 3 aromatic heterocycles. The van der Waals surface area contributed by atoms with Gasteiger partial charge in [0.2, 0.25) is 0 Å². The van der Waals surface area contributed by atoms with E-state index in [9.17, 15) is 4.79 Å². The van der Waals surface area contributed by atoms with Gasteiger partial charge in [0, 0.05) is 33.5 Å². The summed E-state index contributed by atoms with van der Waals surface area (Å²) >= 11 is 11.2. The van der Waals surface area contributed by atoms with Crippen LogP contribution in [0.25, 0.3) is 5.65 Å². The zero-order valence-electron chi connectivity index (χ0n) is 12.2. The third-order valence-corrected chi connectivity index (χ3v) is 6.49. The summed E-state index contributed by atoms with van der Waals surface area (Å²) in [4.78, 5) is 20.2. The molecule has 0 aliphatic carbocycles. The molecule has 4 rings (SSSR count). The van der Waals surface area contributed by atoms with E-state index in [1.54, 1.807) is 29.8 Å². The van der Waals surface area contributed by atoms with Gasteiger partial charge >= 0.3 is 0 Å². The first kappa shape index (κ1) is 15.1. The Morgan fingerprint density at radius 2 is 2.35 bits per heavy atom. The quantitative estimate of drug-likeness (QED) is 0.609. The van der Waals surface area contributed by atoms with E-state index < -0.39 is 0 Å². The van der Waals surface area contributed by atoms with Crippen molar-refractivity contribution in [1.82, 2.24) is 19.5 Å². The predicted molar refractivity (Wildman–Crippen MR) is 93.2 cm³/mol. The van der Waals surface area contributed by atoms with Crippen molar-refractivity contribution in [2.45, 2.75) is 19.4 Å². The largest absolute Gasteiger partial charge is 0.329 e. The number of rotatable bonds is 1. The van der Waals surface area contributed by atoms with Crippen LogP contribution in [0.3, 0.4) is 0 Å². The smallest absolute Gasteiger partial charge is 0.274 e. The number of fused-ring (bicyclic) bond motifs is 2. The molecule has 8 heteroatoms. The first-order valence-corrected chi connectivity index (χ1v) is 9.17. The van der Waals surface area contributed by atoms with Gasteiger partial charge in [0.05, 0.1) is 17.3 Å². The maximum atomic E-state index is 12.9. The molecule has 1 atom stereocenters. The third kappa shape index (κ3) is 2.47. The van der Waals surface area contributed by atoms with Crippen molar-refractivity contribution in [1.29, 1.82) is 0 Å². The molecule has 4 heterocycles. The van der Waals surface area contributed by atoms with E-state index >= 15 is 0 Å². The second-order valence-corrected chi connectivity index (χ2v) is 7.66. The van der Waals surface area contributed by atoms with E-state index in [1.807, 2.05) is 4.90 Å². The Kier molecular flexibility index (Phi) is 3.66. The number of carbonyl (C=O) groups excluding carboxylic acids is 1. The lowest BCUT2D eigenvalue weighted by Crippen LogP contribution is -2.38. The predicted octanol–water partition coefficient (Wildman–Crippen LogP) is 3.97. The van der Waals surface area contributed by atoms with Crippen LogP contribution in [-0.4, -0.2) is 31.9 Å². The van der Waals surface area contributed by atoms with Gasteiger partial charge in [-0.05, 0) is 34.8 Å². The number of halogens is 2. The number of hydrogen-bond donors (Lipinski definition) is 0. The van der Waals surface area contributed by atoms with Crippen LogP contribution < -0.4 is 0 Å². The highest BCUT2D eigenvalue weighted by Crippen LogP contribution is 2.39. The van der Waals surface area contributed by atoms with E-state index in [0.29, 0.717) is 22.9 Å². The Morgan fingerprint density at radius 3 is 3.17 bits per heavy atom. The van der Waals surface area contributed by atoms with E-state index in [0.717, 1.165) is 10.9 Å². The lowest BCUT2D eigenvalue weighted by molar-refractivity contribution is 0.0675. The Morgan fingerprint density at radius 1 is 1.52 bits per heavy atom. The molecule has 0 aromatic carbocycles. The topological polar surface area (TPSA) is 50.5 Å². The van der Waals surface area contributed by atoms with Gasteiger partial charge in [-0.1, -0.05) is 11.6 Å². The average molecular weight is 412 g/mol. The molecule has 118 valence electrons. The second kappa shape index (κ2) is 5.58. The summed E-state index contributed by atoms with van der Waals surface area (Å²) in [5.41, 5.74) is 2.32. The summed E-state index contributed by atoms with van der Waals surface area (Å²) in [5, 5.41) is 6.89. The van der Waals surface area contributed by atoms with Crippen LogP contribution in [0.1, 0.15) is 33.9 Å². The maximum Gasteiger partial charge on any atom is 0.274 e. The number of thiophene rings is 1. The molecule has 1 unspecified atom stereocenters. The minimum Gasteiger partial charge on any atom is -0.329 e. The molecular weight excluding hydrogens is 400 g/mol. The van der Waals surface area contributed by atoms with Gasteiger partial charge in [0.1, 0.15) is 0 Å². The number of aromatic nitrogens is 3. The van der Waals surface area contributed by atoms with Crippen molar-refractivity contribution >= 4 is 50.4 Å². The van der Waals surface area contributed by atoms with E-state index in [4.69, 9.17) is 11.6 Å². The van der Waals surface area contributed by atoms with Gasteiger partial charge in [-0.15, -0.1) is 11.3 Å². The lowest BCUT2D eigenvalue weighted by atomic mass is 10.0. The van der Waals surface area contributed by atoms with E-state index in [2.05, 4.69) is 38.3 Å². The molecule has 0 N–H and O–H groups in total. The average Bonchev–Trinajstić information content (AvgIpc) is 3.11. The monoisotopic (exact) mass is 410 g/mol. The molecule has 0 saturated carbocycles. The molecule has 1 aliphatic heterocycles. The van der Waals surface area contributed by atoms with Crippen LogP contribution in [0.15, 0.2) is 28.3 Å². The molecule has 5 nitrogen and oxygen atoms in total. The van der Waals surface area contributed by atoms with Gasteiger partial charge in [0.15, 0.2) is 11.3 Å². The summed E-state index contributed by atoms with van der Waals surface area (Å²) in [6.45, 7) is 2.74. The third-order valence-electron chi connectivity index (χ3n) is 4.09. The van der Waals surface area contributed by atoms with Crippen molar-refractivity contribution in [3.8, 4) is 0 Å². The SMILES string of the molecule is CC1c2scc(Br)c2CCN1C(=O)c1cc2ncc(Cl)cn2n1. The fraction of sp³-hybridized carbons (Fsp3) is 0.267. The molecule has 1 aliphatic rings. The highest BCUT2D eigenvalue weighted by Gasteiger charge is 2.31. The van der Waals surface area contributed by atoms with Crippen LogP contribution in [-0.2, 0) is 6.42 Å². The standard InChI is InChI=1S/C15H12BrClN4OS/c1-8-14-10(11(16)7-23-14)2-3-20(8)15(22)12-4-13-18-5-9(17)6-21(13)19-12/h4-8H,2-3H2,1H3. The maximum absolute atomic E-state index is 12.9. The molecule has 0 bridgehead atoms. The Balaban J connectivity index is 1.68. The van der Waals surface area contributed by atoms with Crippen LogP contribution in [0.2, 0.25) is 5.02 Å². The zero-order valence-corrected chi connectivity index (χ0v) is 15.3. The summed E-state index contributed by atoms with van der Waals surface area (Å²) in [7, 11) is 0. The Hall–Kier alpha value is -1.44. The molecule has 0 radical (unpaired) electrons. The molecule has 3 aromatic rings. The van der Waals surface area contributed by atoms with Crippen LogP contribution >= 0.6 is 38.9 Å². The fourth-order valence-electron chi connectivity index (χ4n) is 2.92.